The second kappa shape index (κ2) is 7.40. The van der Waals surface area contributed by atoms with Gasteiger partial charge in [-0.25, -0.2) is 4.90 Å². The quantitative estimate of drug-likeness (QED) is 0.646. The summed E-state index contributed by atoms with van der Waals surface area (Å²) in [6, 6.07) is 22.8. The third-order valence-electron chi connectivity index (χ3n) is 5.04. The van der Waals surface area contributed by atoms with Gasteiger partial charge < -0.3 is 5.32 Å². The predicted molar refractivity (Wildman–Crippen MR) is 117 cm³/mol. The summed E-state index contributed by atoms with van der Waals surface area (Å²) < 4.78 is 0. The van der Waals surface area contributed by atoms with Gasteiger partial charge in [-0.1, -0.05) is 65.2 Å². The first kappa shape index (κ1) is 18.7. The fourth-order valence-corrected chi connectivity index (χ4v) is 3.34. The zero-order valence-corrected chi connectivity index (χ0v) is 16.7. The lowest BCUT2D eigenvalue weighted by Gasteiger charge is -2.15. The van der Waals surface area contributed by atoms with Gasteiger partial charge in [0.2, 0.25) is 0 Å². The van der Waals surface area contributed by atoms with Crippen LogP contribution in [0.15, 0.2) is 78.5 Å². The largest absolute Gasteiger partial charge is 0.350 e. The third-order valence-corrected chi connectivity index (χ3v) is 5.04. The fourth-order valence-electron chi connectivity index (χ4n) is 3.34. The summed E-state index contributed by atoms with van der Waals surface area (Å²) in [7, 11) is 0. The second-order valence-electron chi connectivity index (χ2n) is 7.39. The number of benzene rings is 3. The lowest BCUT2D eigenvalue weighted by Crippen LogP contribution is -2.32. The smallest absolute Gasteiger partial charge is 0.282 e. The van der Waals surface area contributed by atoms with E-state index in [9.17, 15) is 9.59 Å². The van der Waals surface area contributed by atoms with E-state index in [0.717, 1.165) is 27.9 Å². The molecule has 0 unspecified atom stereocenters. The molecular weight excluding hydrogens is 360 g/mol. The van der Waals surface area contributed by atoms with Crippen LogP contribution in [0.25, 0.3) is 5.57 Å². The molecule has 2 amide bonds. The van der Waals surface area contributed by atoms with E-state index in [1.54, 1.807) is 12.1 Å². The topological polar surface area (TPSA) is 49.4 Å². The number of anilines is 2. The van der Waals surface area contributed by atoms with Crippen molar-refractivity contribution >= 4 is 28.8 Å². The summed E-state index contributed by atoms with van der Waals surface area (Å²) in [6.07, 6.45) is 0. The zero-order valence-electron chi connectivity index (χ0n) is 16.7. The van der Waals surface area contributed by atoms with Gasteiger partial charge in [-0.3, -0.25) is 9.59 Å². The molecule has 29 heavy (non-hydrogen) atoms. The van der Waals surface area contributed by atoms with E-state index < -0.39 is 0 Å². The first-order valence-corrected chi connectivity index (χ1v) is 9.54. The number of nitrogens with one attached hydrogen (secondary N) is 1. The number of hydrogen-bond donors (Lipinski definition) is 1. The Morgan fingerprint density at radius 1 is 0.621 bits per heavy atom. The molecule has 1 heterocycles. The number of amides is 2. The van der Waals surface area contributed by atoms with E-state index >= 15 is 0 Å². The predicted octanol–water partition coefficient (Wildman–Crippen LogP) is 5.01. The van der Waals surface area contributed by atoms with Gasteiger partial charge in [0.25, 0.3) is 11.8 Å². The summed E-state index contributed by atoms with van der Waals surface area (Å²) in [6.45, 7) is 5.96. The number of hydrogen-bond acceptors (Lipinski definition) is 3. The van der Waals surface area contributed by atoms with Crippen molar-refractivity contribution in [2.75, 3.05) is 10.2 Å². The first-order chi connectivity index (χ1) is 13.9. The van der Waals surface area contributed by atoms with E-state index in [1.807, 2.05) is 81.4 Å². The minimum Gasteiger partial charge on any atom is -0.350 e. The normalized spacial score (nSPS) is 14.0. The highest BCUT2D eigenvalue weighted by Gasteiger charge is 2.40. The van der Waals surface area contributed by atoms with Gasteiger partial charge in [-0.05, 0) is 50.6 Å². The van der Waals surface area contributed by atoms with Crippen molar-refractivity contribution in [1.82, 2.24) is 0 Å². The lowest BCUT2D eigenvalue weighted by atomic mass is 10.0. The minimum absolute atomic E-state index is 0.295. The van der Waals surface area contributed by atoms with Crippen LogP contribution >= 0.6 is 0 Å². The molecule has 3 aromatic rings. The number of rotatable bonds is 4. The van der Waals surface area contributed by atoms with Gasteiger partial charge in [0.05, 0.1) is 11.3 Å². The molecule has 144 valence electrons. The number of carbonyl (C=O) groups is 2. The Hall–Kier alpha value is -3.66. The average molecular weight is 382 g/mol. The fraction of sp³-hybridized carbons (Fsp3) is 0.120. The van der Waals surface area contributed by atoms with Gasteiger partial charge in [0.15, 0.2) is 0 Å². The molecule has 1 aliphatic rings. The maximum Gasteiger partial charge on any atom is 0.282 e. The Morgan fingerprint density at radius 3 is 1.66 bits per heavy atom. The SMILES string of the molecule is Cc1ccc(NC2=C(c3ccc(C)cc3)C(=O)N(c3ccc(C)cc3)C2=O)cc1. The molecule has 0 saturated heterocycles. The molecule has 4 heteroatoms. The van der Waals surface area contributed by atoms with E-state index in [2.05, 4.69) is 5.32 Å². The Bertz CT molecular complexity index is 1110. The number of imide groups is 1. The van der Waals surface area contributed by atoms with Crippen molar-refractivity contribution in [2.45, 2.75) is 20.8 Å². The Kier molecular flexibility index (Phi) is 4.77. The van der Waals surface area contributed by atoms with Crippen LogP contribution in [0, 0.1) is 20.8 Å². The Labute approximate surface area is 170 Å². The Morgan fingerprint density at radius 2 is 1.10 bits per heavy atom. The van der Waals surface area contributed by atoms with Crippen molar-refractivity contribution in [3.05, 3.63) is 101 Å². The third kappa shape index (κ3) is 3.57. The van der Waals surface area contributed by atoms with E-state index in [-0.39, 0.29) is 11.8 Å². The van der Waals surface area contributed by atoms with Crippen LogP contribution in [0.2, 0.25) is 0 Å². The summed E-state index contributed by atoms with van der Waals surface area (Å²) in [5, 5.41) is 3.19. The van der Waals surface area contributed by atoms with Gasteiger partial charge in [-0.2, -0.15) is 0 Å². The van der Waals surface area contributed by atoms with Gasteiger partial charge >= 0.3 is 0 Å². The van der Waals surface area contributed by atoms with Crippen molar-refractivity contribution in [3.63, 3.8) is 0 Å². The highest BCUT2D eigenvalue weighted by molar-refractivity contribution is 6.46. The molecule has 4 nitrogen and oxygen atoms in total. The van der Waals surface area contributed by atoms with Gasteiger partial charge in [0, 0.05) is 5.69 Å². The van der Waals surface area contributed by atoms with E-state index in [0.29, 0.717) is 17.0 Å². The number of nitrogens with zero attached hydrogens (tertiary/aromatic N) is 1. The molecule has 1 N–H and O–H groups in total. The summed E-state index contributed by atoms with van der Waals surface area (Å²) in [5.74, 6) is -0.674. The molecule has 0 bridgehead atoms. The van der Waals surface area contributed by atoms with Crippen LogP contribution in [-0.2, 0) is 9.59 Å². The van der Waals surface area contributed by atoms with Gasteiger partial charge in [-0.15, -0.1) is 0 Å². The van der Waals surface area contributed by atoms with Crippen LogP contribution in [0.4, 0.5) is 11.4 Å². The molecule has 3 aromatic carbocycles. The molecule has 0 fully saturated rings. The molecule has 0 spiro atoms. The van der Waals surface area contributed by atoms with Crippen LogP contribution < -0.4 is 10.2 Å². The summed E-state index contributed by atoms with van der Waals surface area (Å²) in [5.41, 5.74) is 6.01. The molecule has 0 aromatic heterocycles. The van der Waals surface area contributed by atoms with Crippen LogP contribution in [0.3, 0.4) is 0 Å². The number of aryl methyl sites for hydroxylation is 3. The molecule has 0 radical (unpaired) electrons. The highest BCUT2D eigenvalue weighted by atomic mass is 16.2. The van der Waals surface area contributed by atoms with Crippen molar-refractivity contribution in [2.24, 2.45) is 0 Å². The van der Waals surface area contributed by atoms with Crippen molar-refractivity contribution in [1.29, 1.82) is 0 Å². The maximum absolute atomic E-state index is 13.3. The van der Waals surface area contributed by atoms with Crippen molar-refractivity contribution in [3.8, 4) is 0 Å². The van der Waals surface area contributed by atoms with Gasteiger partial charge in [0.1, 0.15) is 5.70 Å². The summed E-state index contributed by atoms with van der Waals surface area (Å²) in [4.78, 5) is 27.9. The van der Waals surface area contributed by atoms with Crippen LogP contribution in [-0.4, -0.2) is 11.8 Å². The lowest BCUT2D eigenvalue weighted by molar-refractivity contribution is -0.120. The monoisotopic (exact) mass is 382 g/mol. The van der Waals surface area contributed by atoms with E-state index in [4.69, 9.17) is 0 Å². The summed E-state index contributed by atoms with van der Waals surface area (Å²) >= 11 is 0. The molecule has 1 aliphatic heterocycles. The molecule has 0 aliphatic carbocycles. The first-order valence-electron chi connectivity index (χ1n) is 9.54. The highest BCUT2D eigenvalue weighted by Crippen LogP contribution is 2.34. The van der Waals surface area contributed by atoms with Crippen molar-refractivity contribution < 1.29 is 9.59 Å². The maximum atomic E-state index is 13.3. The molecule has 4 rings (SSSR count). The molecule has 0 saturated carbocycles. The minimum atomic E-state index is -0.352. The zero-order chi connectivity index (χ0) is 20.5. The van der Waals surface area contributed by atoms with Crippen LogP contribution in [0.5, 0.6) is 0 Å². The average Bonchev–Trinajstić information content (AvgIpc) is 2.95. The molecular formula is C25H22N2O2. The number of carbonyl (C=O) groups excluding carboxylic acids is 2. The second-order valence-corrected chi connectivity index (χ2v) is 7.39. The van der Waals surface area contributed by atoms with E-state index in [1.165, 1.54) is 4.90 Å². The Balaban J connectivity index is 1.80. The van der Waals surface area contributed by atoms with Crippen LogP contribution in [0.1, 0.15) is 22.3 Å². The molecule has 0 atom stereocenters. The standard InChI is InChI=1S/C25H22N2O2/c1-16-4-10-19(11-5-16)22-23(26-20-12-6-17(2)7-13-20)25(29)27(24(22)28)21-14-8-18(3)9-15-21/h4-15,26H,1-3H3.